The van der Waals surface area contributed by atoms with Crippen LogP contribution < -0.4 is 0 Å². The van der Waals surface area contributed by atoms with Gasteiger partial charge in [0.25, 0.3) is 0 Å². The molecule has 4 rings (SSSR count). The van der Waals surface area contributed by atoms with E-state index in [2.05, 4.69) is 20.8 Å². The first-order valence-corrected chi connectivity index (χ1v) is 7.44. The van der Waals surface area contributed by atoms with E-state index < -0.39 is 12.2 Å². The van der Waals surface area contributed by atoms with Crippen molar-refractivity contribution in [1.29, 1.82) is 0 Å². The Labute approximate surface area is 109 Å². The van der Waals surface area contributed by atoms with Gasteiger partial charge >= 0.3 is 0 Å². The van der Waals surface area contributed by atoms with E-state index in [9.17, 15) is 10.2 Å². The minimum absolute atomic E-state index is 0.0926. The number of rotatable bonds is 1. The molecule has 3 nitrogen and oxygen atoms in total. The Morgan fingerprint density at radius 3 is 2.33 bits per heavy atom. The highest BCUT2D eigenvalue weighted by Gasteiger charge is 2.82. The maximum absolute atomic E-state index is 10.4. The second-order valence-electron chi connectivity index (χ2n) is 7.65. The van der Waals surface area contributed by atoms with Gasteiger partial charge in [-0.25, -0.2) is 0 Å². The van der Waals surface area contributed by atoms with Gasteiger partial charge in [0, 0.05) is 11.3 Å². The lowest BCUT2D eigenvalue weighted by atomic mass is 9.59. The number of aliphatic hydroxyl groups is 2. The van der Waals surface area contributed by atoms with Gasteiger partial charge in [-0.2, -0.15) is 0 Å². The first-order valence-electron chi connectivity index (χ1n) is 7.44. The van der Waals surface area contributed by atoms with Crippen LogP contribution in [0.2, 0.25) is 0 Å². The summed E-state index contributed by atoms with van der Waals surface area (Å²) >= 11 is 0. The van der Waals surface area contributed by atoms with Gasteiger partial charge in [-0.1, -0.05) is 20.8 Å². The molecule has 0 aromatic carbocycles. The summed E-state index contributed by atoms with van der Waals surface area (Å²) in [6, 6.07) is 0. The summed E-state index contributed by atoms with van der Waals surface area (Å²) in [5.74, 6) is 2.18. The predicted octanol–water partition coefficient (Wildman–Crippen LogP) is 1.43. The Kier molecular flexibility index (Phi) is 2.03. The van der Waals surface area contributed by atoms with E-state index in [1.165, 1.54) is 6.42 Å². The standard InChI is InChI=1S/C15H24O3/c1-7(2)8-4-5-14(3)10-9(8)11(13(17)12(10)16)15(14)6-18-15/h7-13,16-17H,4-6H2,1-3H3/t8?,9?,10?,11?,12?,13-,14?,15?/m0/s1. The van der Waals surface area contributed by atoms with E-state index in [1.807, 2.05) is 0 Å². The summed E-state index contributed by atoms with van der Waals surface area (Å²) in [6.07, 6.45) is 1.30. The molecular formula is C15H24O3. The molecule has 8 atom stereocenters. The van der Waals surface area contributed by atoms with Crippen molar-refractivity contribution in [3.63, 3.8) is 0 Å². The maximum Gasteiger partial charge on any atom is 0.103 e. The third-order valence-electron chi connectivity index (χ3n) is 6.96. The third-order valence-corrected chi connectivity index (χ3v) is 6.96. The minimum Gasteiger partial charge on any atom is -0.390 e. The molecule has 4 fully saturated rings. The van der Waals surface area contributed by atoms with E-state index in [-0.39, 0.29) is 22.9 Å². The van der Waals surface area contributed by atoms with Crippen molar-refractivity contribution < 1.29 is 14.9 Å². The first kappa shape index (κ1) is 11.7. The van der Waals surface area contributed by atoms with Gasteiger partial charge in [-0.15, -0.1) is 0 Å². The van der Waals surface area contributed by atoms with E-state index >= 15 is 0 Å². The smallest absolute Gasteiger partial charge is 0.103 e. The molecule has 2 N–H and O–H groups in total. The fourth-order valence-electron chi connectivity index (χ4n) is 6.10. The Balaban J connectivity index is 1.83. The molecule has 1 spiro atoms. The monoisotopic (exact) mass is 252 g/mol. The second kappa shape index (κ2) is 3.13. The largest absolute Gasteiger partial charge is 0.390 e. The van der Waals surface area contributed by atoms with Crippen molar-refractivity contribution >= 4 is 0 Å². The Bertz CT molecular complexity index is 379. The second-order valence-corrected chi connectivity index (χ2v) is 7.65. The summed E-state index contributed by atoms with van der Waals surface area (Å²) in [7, 11) is 0. The number of hydrogen-bond acceptors (Lipinski definition) is 3. The lowest BCUT2D eigenvalue weighted by Crippen LogP contribution is -2.53. The molecule has 1 heterocycles. The molecule has 0 radical (unpaired) electrons. The molecule has 0 amide bonds. The van der Waals surface area contributed by atoms with Crippen LogP contribution in [0.1, 0.15) is 33.6 Å². The molecule has 1 aliphatic heterocycles. The lowest BCUT2D eigenvalue weighted by Gasteiger charge is -2.47. The summed E-state index contributed by atoms with van der Waals surface area (Å²) in [4.78, 5) is 0. The van der Waals surface area contributed by atoms with Crippen LogP contribution in [0.25, 0.3) is 0 Å². The van der Waals surface area contributed by atoms with E-state index in [4.69, 9.17) is 4.74 Å². The average Bonchev–Trinajstić information content (AvgIpc) is 3.02. The summed E-state index contributed by atoms with van der Waals surface area (Å²) in [6.45, 7) is 7.66. The van der Waals surface area contributed by atoms with Crippen molar-refractivity contribution in [2.45, 2.75) is 51.4 Å². The molecule has 102 valence electrons. The maximum atomic E-state index is 10.4. The Hall–Kier alpha value is -0.120. The van der Waals surface area contributed by atoms with Gasteiger partial charge in [0.05, 0.1) is 18.8 Å². The van der Waals surface area contributed by atoms with E-state index in [0.29, 0.717) is 17.8 Å². The average molecular weight is 252 g/mol. The summed E-state index contributed by atoms with van der Waals surface area (Å²) in [5, 5.41) is 20.8. The first-order chi connectivity index (χ1) is 8.44. The fourth-order valence-corrected chi connectivity index (χ4v) is 6.10. The number of aliphatic hydroxyl groups excluding tert-OH is 2. The molecule has 4 aliphatic rings. The Morgan fingerprint density at radius 1 is 1.17 bits per heavy atom. The van der Waals surface area contributed by atoms with Crippen LogP contribution in [-0.4, -0.2) is 34.6 Å². The topological polar surface area (TPSA) is 53.0 Å². The van der Waals surface area contributed by atoms with Crippen molar-refractivity contribution in [1.82, 2.24) is 0 Å². The number of epoxide rings is 1. The minimum atomic E-state index is -0.560. The van der Waals surface area contributed by atoms with Crippen LogP contribution >= 0.6 is 0 Å². The van der Waals surface area contributed by atoms with Crippen molar-refractivity contribution in [3.05, 3.63) is 0 Å². The van der Waals surface area contributed by atoms with Crippen LogP contribution in [0.15, 0.2) is 0 Å². The molecule has 3 saturated carbocycles. The van der Waals surface area contributed by atoms with Crippen LogP contribution in [0, 0.1) is 35.0 Å². The van der Waals surface area contributed by atoms with Gasteiger partial charge in [-0.3, -0.25) is 0 Å². The van der Waals surface area contributed by atoms with Crippen molar-refractivity contribution in [2.75, 3.05) is 6.61 Å². The highest BCUT2D eigenvalue weighted by Crippen LogP contribution is 2.76. The fraction of sp³-hybridized carbons (Fsp3) is 1.00. The van der Waals surface area contributed by atoms with Crippen molar-refractivity contribution in [3.8, 4) is 0 Å². The molecule has 0 aromatic rings. The molecule has 18 heavy (non-hydrogen) atoms. The SMILES string of the molecule is CC(C)C1CCC2(C)C3C1C([C@H](O)C3O)C21CO1. The quantitative estimate of drug-likeness (QED) is 0.694. The van der Waals surface area contributed by atoms with E-state index in [1.54, 1.807) is 0 Å². The highest BCUT2D eigenvalue weighted by atomic mass is 16.6. The van der Waals surface area contributed by atoms with Crippen LogP contribution in [0.5, 0.6) is 0 Å². The van der Waals surface area contributed by atoms with Crippen LogP contribution in [0.3, 0.4) is 0 Å². The zero-order chi connectivity index (χ0) is 12.9. The van der Waals surface area contributed by atoms with Gasteiger partial charge in [-0.05, 0) is 36.5 Å². The zero-order valence-corrected chi connectivity index (χ0v) is 11.5. The van der Waals surface area contributed by atoms with Crippen LogP contribution in [0.4, 0.5) is 0 Å². The highest BCUT2D eigenvalue weighted by molar-refractivity contribution is 5.30. The molecule has 3 heteroatoms. The van der Waals surface area contributed by atoms with Gasteiger partial charge in [0.2, 0.25) is 0 Å². The summed E-state index contributed by atoms with van der Waals surface area (Å²) < 4.78 is 5.88. The lowest BCUT2D eigenvalue weighted by molar-refractivity contribution is -0.107. The third kappa shape index (κ3) is 0.981. The zero-order valence-electron chi connectivity index (χ0n) is 11.5. The van der Waals surface area contributed by atoms with E-state index in [0.717, 1.165) is 13.0 Å². The normalized spacial score (nSPS) is 65.0. The Morgan fingerprint density at radius 2 is 1.78 bits per heavy atom. The molecular weight excluding hydrogens is 228 g/mol. The molecule has 1 saturated heterocycles. The molecule has 3 aliphatic carbocycles. The molecule has 4 bridgehead atoms. The van der Waals surface area contributed by atoms with Gasteiger partial charge in [0.15, 0.2) is 0 Å². The summed E-state index contributed by atoms with van der Waals surface area (Å²) in [5.41, 5.74) is 0.0109. The number of fused-ring (bicyclic) bond motifs is 2. The predicted molar refractivity (Wildman–Crippen MR) is 66.8 cm³/mol. The van der Waals surface area contributed by atoms with Crippen molar-refractivity contribution in [2.24, 2.45) is 35.0 Å². The van der Waals surface area contributed by atoms with Gasteiger partial charge < -0.3 is 14.9 Å². The molecule has 7 unspecified atom stereocenters. The molecule has 0 aromatic heterocycles. The van der Waals surface area contributed by atoms with Crippen LogP contribution in [-0.2, 0) is 4.74 Å². The van der Waals surface area contributed by atoms with Gasteiger partial charge in [0.1, 0.15) is 5.60 Å². The number of hydrogen-bond donors (Lipinski definition) is 2. The number of ether oxygens (including phenoxy) is 1.